The average Bonchev–Trinajstić information content (AvgIpc) is 2.66. The van der Waals surface area contributed by atoms with Gasteiger partial charge in [-0.25, -0.2) is 0 Å². The summed E-state index contributed by atoms with van der Waals surface area (Å²) in [5.41, 5.74) is 1.75. The largest absolute Gasteiger partial charge is 0.380 e. The summed E-state index contributed by atoms with van der Waals surface area (Å²) in [5.74, 6) is -0.638. The summed E-state index contributed by atoms with van der Waals surface area (Å²) in [6.07, 6.45) is 2.10. The van der Waals surface area contributed by atoms with Gasteiger partial charge in [-0.3, -0.25) is 14.9 Å². The maximum Gasteiger partial charge on any atom is 0.259 e. The number of carbonyl (C=O) groups is 2. The van der Waals surface area contributed by atoms with Crippen LogP contribution in [-0.4, -0.2) is 31.1 Å². The van der Waals surface area contributed by atoms with Crippen LogP contribution in [0.15, 0.2) is 18.2 Å². The highest BCUT2D eigenvalue weighted by atomic mass is 16.5. The summed E-state index contributed by atoms with van der Waals surface area (Å²) < 4.78 is 5.39. The number of rotatable bonds is 2. The summed E-state index contributed by atoms with van der Waals surface area (Å²) in [7, 11) is 0. The molecule has 0 saturated carbocycles. The highest BCUT2D eigenvalue weighted by Crippen LogP contribution is 2.22. The predicted octanol–water partition coefficient (Wildman–Crippen LogP) is 1.16. The number of hydrogen-bond acceptors (Lipinski definition) is 4. The second-order valence-electron chi connectivity index (χ2n) is 4.60. The van der Waals surface area contributed by atoms with E-state index in [1.54, 1.807) is 12.1 Å². The molecule has 1 aromatic carbocycles. The second kappa shape index (κ2) is 4.42. The third-order valence-corrected chi connectivity index (χ3v) is 3.27. The van der Waals surface area contributed by atoms with Crippen molar-refractivity contribution < 1.29 is 14.3 Å². The first-order chi connectivity index (χ1) is 8.74. The molecular weight excluding hydrogens is 232 g/mol. The third-order valence-electron chi connectivity index (χ3n) is 3.27. The monoisotopic (exact) mass is 246 g/mol. The fourth-order valence-corrected chi connectivity index (χ4v) is 2.35. The first-order valence-corrected chi connectivity index (χ1v) is 6.08. The second-order valence-corrected chi connectivity index (χ2v) is 4.60. The lowest BCUT2D eigenvalue weighted by Crippen LogP contribution is -2.30. The van der Waals surface area contributed by atoms with E-state index in [-0.39, 0.29) is 17.9 Å². The molecule has 2 amide bonds. The minimum atomic E-state index is -0.321. The quantitative estimate of drug-likeness (QED) is 0.768. The Morgan fingerprint density at radius 3 is 2.83 bits per heavy atom. The van der Waals surface area contributed by atoms with Gasteiger partial charge in [-0.15, -0.1) is 0 Å². The Balaban J connectivity index is 1.80. The Labute approximate surface area is 105 Å². The molecule has 1 atom stereocenters. The number of ether oxygens (including phenoxy) is 1. The first-order valence-electron chi connectivity index (χ1n) is 6.08. The molecule has 2 heterocycles. The molecule has 2 aliphatic rings. The van der Waals surface area contributed by atoms with Crippen LogP contribution in [0.4, 0.5) is 5.69 Å². The normalized spacial score (nSPS) is 22.6. The van der Waals surface area contributed by atoms with Crippen molar-refractivity contribution in [2.75, 3.05) is 18.5 Å². The van der Waals surface area contributed by atoms with Gasteiger partial charge in [0.25, 0.3) is 11.8 Å². The average molecular weight is 246 g/mol. The maximum atomic E-state index is 11.5. The van der Waals surface area contributed by atoms with E-state index in [1.807, 2.05) is 6.07 Å². The van der Waals surface area contributed by atoms with Crippen molar-refractivity contribution in [1.29, 1.82) is 0 Å². The van der Waals surface area contributed by atoms with Crippen LogP contribution in [0, 0.1) is 0 Å². The van der Waals surface area contributed by atoms with Crippen molar-refractivity contribution in [2.24, 2.45) is 0 Å². The highest BCUT2D eigenvalue weighted by Gasteiger charge is 2.26. The molecule has 0 spiro atoms. The van der Waals surface area contributed by atoms with Gasteiger partial charge in [-0.2, -0.15) is 0 Å². The molecular formula is C13H14N2O3. The lowest BCUT2D eigenvalue weighted by atomic mass is 10.1. The number of fused-ring (bicyclic) bond motifs is 1. The molecule has 3 rings (SSSR count). The number of hydrogen-bond donors (Lipinski definition) is 2. The van der Waals surface area contributed by atoms with E-state index in [9.17, 15) is 9.59 Å². The first kappa shape index (κ1) is 11.2. The highest BCUT2D eigenvalue weighted by molar-refractivity contribution is 6.21. The van der Waals surface area contributed by atoms with Crippen LogP contribution in [0.25, 0.3) is 0 Å². The summed E-state index contributed by atoms with van der Waals surface area (Å²) >= 11 is 0. The number of nitrogens with one attached hydrogen (secondary N) is 2. The van der Waals surface area contributed by atoms with Crippen molar-refractivity contribution in [3.05, 3.63) is 29.3 Å². The van der Waals surface area contributed by atoms with E-state index in [4.69, 9.17) is 4.74 Å². The number of amides is 2. The van der Waals surface area contributed by atoms with Crippen LogP contribution in [-0.2, 0) is 4.74 Å². The van der Waals surface area contributed by atoms with Gasteiger partial charge in [-0.1, -0.05) is 0 Å². The fourth-order valence-electron chi connectivity index (χ4n) is 2.35. The third kappa shape index (κ3) is 1.97. The molecule has 1 aromatic rings. The van der Waals surface area contributed by atoms with Crippen molar-refractivity contribution >= 4 is 17.5 Å². The van der Waals surface area contributed by atoms with Gasteiger partial charge in [0.05, 0.1) is 17.7 Å². The summed E-state index contributed by atoms with van der Waals surface area (Å²) in [5, 5.41) is 5.61. The van der Waals surface area contributed by atoms with Crippen LogP contribution in [0.5, 0.6) is 0 Å². The van der Waals surface area contributed by atoms with Crippen molar-refractivity contribution in [1.82, 2.24) is 5.32 Å². The van der Waals surface area contributed by atoms with Crippen molar-refractivity contribution in [2.45, 2.75) is 18.9 Å². The molecule has 5 heteroatoms. The zero-order valence-electron chi connectivity index (χ0n) is 9.86. The lowest BCUT2D eigenvalue weighted by molar-refractivity contribution is 0.0875. The van der Waals surface area contributed by atoms with Gasteiger partial charge in [0, 0.05) is 18.3 Å². The van der Waals surface area contributed by atoms with Crippen LogP contribution in [0.2, 0.25) is 0 Å². The van der Waals surface area contributed by atoms with Crippen molar-refractivity contribution in [3.8, 4) is 0 Å². The Morgan fingerprint density at radius 2 is 2.06 bits per heavy atom. The van der Waals surface area contributed by atoms with E-state index in [2.05, 4.69) is 10.6 Å². The van der Waals surface area contributed by atoms with E-state index in [0.717, 1.165) is 25.1 Å². The predicted molar refractivity (Wildman–Crippen MR) is 65.7 cm³/mol. The molecule has 2 aliphatic heterocycles. The summed E-state index contributed by atoms with van der Waals surface area (Å²) in [4.78, 5) is 22.9. The van der Waals surface area contributed by atoms with Crippen LogP contribution in [0.3, 0.4) is 0 Å². The number of imide groups is 1. The van der Waals surface area contributed by atoms with Gasteiger partial charge in [-0.05, 0) is 31.0 Å². The Kier molecular flexibility index (Phi) is 2.76. The Morgan fingerprint density at radius 1 is 1.22 bits per heavy atom. The molecule has 1 saturated heterocycles. The molecule has 2 N–H and O–H groups in total. The van der Waals surface area contributed by atoms with E-state index in [0.29, 0.717) is 17.7 Å². The molecule has 94 valence electrons. The van der Waals surface area contributed by atoms with Gasteiger partial charge in [0.2, 0.25) is 0 Å². The molecule has 1 fully saturated rings. The Hall–Kier alpha value is -1.88. The zero-order valence-corrected chi connectivity index (χ0v) is 9.86. The topological polar surface area (TPSA) is 67.4 Å². The van der Waals surface area contributed by atoms with Gasteiger partial charge >= 0.3 is 0 Å². The number of benzene rings is 1. The van der Waals surface area contributed by atoms with Gasteiger partial charge in [0.1, 0.15) is 0 Å². The Bertz CT molecular complexity index is 507. The lowest BCUT2D eigenvalue weighted by Gasteiger charge is -2.24. The van der Waals surface area contributed by atoms with Gasteiger partial charge < -0.3 is 10.1 Å². The molecule has 0 bridgehead atoms. The molecule has 1 unspecified atom stereocenters. The smallest absolute Gasteiger partial charge is 0.259 e. The van der Waals surface area contributed by atoms with E-state index in [1.165, 1.54) is 0 Å². The standard InChI is InChI=1S/C13H14N2O3/c16-12-10-4-3-8(6-11(10)13(17)15-12)14-9-2-1-5-18-7-9/h3-4,6,9,14H,1-2,5,7H2,(H,15,16,17). The van der Waals surface area contributed by atoms with E-state index >= 15 is 0 Å². The number of anilines is 1. The van der Waals surface area contributed by atoms with Crippen molar-refractivity contribution in [3.63, 3.8) is 0 Å². The molecule has 0 aromatic heterocycles. The zero-order chi connectivity index (χ0) is 12.5. The van der Waals surface area contributed by atoms with Crippen LogP contribution >= 0.6 is 0 Å². The summed E-state index contributed by atoms with van der Waals surface area (Å²) in [6, 6.07) is 5.51. The van der Waals surface area contributed by atoms with Gasteiger partial charge in [0.15, 0.2) is 0 Å². The SMILES string of the molecule is O=C1NC(=O)c2cc(NC3CCCOC3)ccc21. The molecule has 0 radical (unpaired) electrons. The van der Waals surface area contributed by atoms with E-state index < -0.39 is 0 Å². The fraction of sp³-hybridized carbons (Fsp3) is 0.385. The number of carbonyl (C=O) groups excluding carboxylic acids is 2. The molecule has 5 nitrogen and oxygen atoms in total. The maximum absolute atomic E-state index is 11.5. The summed E-state index contributed by atoms with van der Waals surface area (Å²) in [6.45, 7) is 1.50. The van der Waals surface area contributed by atoms with Crippen LogP contribution < -0.4 is 10.6 Å². The van der Waals surface area contributed by atoms with Crippen LogP contribution in [0.1, 0.15) is 33.6 Å². The minimum Gasteiger partial charge on any atom is -0.380 e. The minimum absolute atomic E-state index is 0.275. The molecule has 0 aliphatic carbocycles. The molecule has 18 heavy (non-hydrogen) atoms.